The number of nitrogens with one attached hydrogen (secondary N) is 5. The molecule has 0 aromatic heterocycles. The van der Waals surface area contributed by atoms with Gasteiger partial charge in [0.1, 0.15) is 30.2 Å². The van der Waals surface area contributed by atoms with Crippen molar-refractivity contribution in [1.29, 1.82) is 0 Å². The molecule has 258 valence electrons. The second-order valence-corrected chi connectivity index (χ2v) is 10.5. The average molecular weight is 666 g/mol. The first kappa shape index (κ1) is 39.4. The smallest absolute Gasteiger partial charge is 0.326 e. The Kier molecular flexibility index (Phi) is 16.0. The van der Waals surface area contributed by atoms with E-state index < -0.39 is 115 Å². The van der Waals surface area contributed by atoms with E-state index in [1.165, 1.54) is 13.8 Å². The highest BCUT2D eigenvalue weighted by Gasteiger charge is 2.31. The molecule has 47 heavy (non-hydrogen) atoms. The largest absolute Gasteiger partial charge is 0.481 e. The summed E-state index contributed by atoms with van der Waals surface area (Å²) in [6.45, 7) is 2.48. The summed E-state index contributed by atoms with van der Waals surface area (Å²) in [4.78, 5) is 109. The Labute approximate surface area is 268 Å². The van der Waals surface area contributed by atoms with E-state index in [4.69, 9.17) is 21.7 Å². The number of carbonyl (C=O) groups is 9. The summed E-state index contributed by atoms with van der Waals surface area (Å²) in [5.41, 5.74) is 11.1. The molecule has 0 saturated carbocycles. The Morgan fingerprint density at radius 3 is 1.64 bits per heavy atom. The maximum atomic E-state index is 13.0. The van der Waals surface area contributed by atoms with E-state index in [-0.39, 0.29) is 6.42 Å². The molecule has 1 aromatic carbocycles. The van der Waals surface area contributed by atoms with Crippen molar-refractivity contribution >= 4 is 53.4 Å². The van der Waals surface area contributed by atoms with Crippen LogP contribution in [0.1, 0.15) is 45.1 Å². The molecule has 6 amide bonds. The zero-order valence-corrected chi connectivity index (χ0v) is 25.6. The minimum Gasteiger partial charge on any atom is -0.481 e. The van der Waals surface area contributed by atoms with Gasteiger partial charge in [0.2, 0.25) is 35.4 Å². The van der Waals surface area contributed by atoms with E-state index in [1.807, 2.05) is 0 Å². The van der Waals surface area contributed by atoms with E-state index in [0.717, 1.165) is 0 Å². The van der Waals surface area contributed by atoms with Gasteiger partial charge in [-0.05, 0) is 25.8 Å². The molecule has 0 saturated heterocycles. The van der Waals surface area contributed by atoms with Crippen LogP contribution in [0.2, 0.25) is 0 Å². The first-order valence-electron chi connectivity index (χ1n) is 14.2. The third kappa shape index (κ3) is 14.8. The van der Waals surface area contributed by atoms with Gasteiger partial charge in [-0.2, -0.15) is 0 Å². The monoisotopic (exact) mass is 665 g/mol. The molecule has 0 unspecified atom stereocenters. The molecular formula is C28H39N7O12. The van der Waals surface area contributed by atoms with Gasteiger partial charge in [-0.3, -0.25) is 38.4 Å². The van der Waals surface area contributed by atoms with Crippen LogP contribution in [0, 0.1) is 0 Å². The lowest BCUT2D eigenvalue weighted by Gasteiger charge is -2.24. The topological polar surface area (TPSA) is 327 Å². The van der Waals surface area contributed by atoms with Gasteiger partial charge >= 0.3 is 17.9 Å². The Morgan fingerprint density at radius 2 is 1.13 bits per heavy atom. The van der Waals surface area contributed by atoms with Crippen molar-refractivity contribution in [1.82, 2.24) is 26.6 Å². The van der Waals surface area contributed by atoms with Gasteiger partial charge in [0, 0.05) is 12.8 Å². The SMILES string of the molecule is C[C@H](NC(=O)[C@H](C)NC(=O)[C@H](CCC(=O)O)NC(=O)[C@@H](N)CC(=O)O)C(=O)N[C@@H](Cc1ccccc1)C(=O)N[C@@H](CC(N)=O)C(=O)O. The molecule has 0 aliphatic carbocycles. The normalized spacial score (nSPS) is 14.4. The summed E-state index contributed by atoms with van der Waals surface area (Å²) in [6.07, 6.45) is -2.57. The number of carboxylic acids is 3. The highest BCUT2D eigenvalue weighted by molar-refractivity contribution is 5.97. The lowest BCUT2D eigenvalue weighted by molar-refractivity contribution is -0.143. The highest BCUT2D eigenvalue weighted by atomic mass is 16.4. The first-order valence-corrected chi connectivity index (χ1v) is 14.2. The molecular weight excluding hydrogens is 626 g/mol. The van der Waals surface area contributed by atoms with Crippen LogP contribution in [-0.2, 0) is 49.6 Å². The number of primary amides is 1. The second kappa shape index (κ2) is 19.0. The van der Waals surface area contributed by atoms with Gasteiger partial charge in [-0.1, -0.05) is 30.3 Å². The molecule has 1 aromatic rings. The minimum atomic E-state index is -1.67. The van der Waals surface area contributed by atoms with Crippen LogP contribution in [0.15, 0.2) is 30.3 Å². The molecule has 0 spiro atoms. The van der Waals surface area contributed by atoms with Crippen LogP contribution < -0.4 is 38.1 Å². The molecule has 0 fully saturated rings. The molecule has 6 atom stereocenters. The number of carbonyl (C=O) groups excluding carboxylic acids is 6. The maximum absolute atomic E-state index is 13.0. The summed E-state index contributed by atoms with van der Waals surface area (Å²) < 4.78 is 0. The number of benzene rings is 1. The number of hydrogen-bond acceptors (Lipinski definition) is 10. The molecule has 0 radical (unpaired) electrons. The van der Waals surface area contributed by atoms with Crippen molar-refractivity contribution in [3.05, 3.63) is 35.9 Å². The molecule has 19 heteroatoms. The Balaban J connectivity index is 2.97. The van der Waals surface area contributed by atoms with E-state index in [1.54, 1.807) is 30.3 Å². The number of hydrogen-bond donors (Lipinski definition) is 10. The Morgan fingerprint density at radius 1 is 0.638 bits per heavy atom. The summed E-state index contributed by atoms with van der Waals surface area (Å²) in [5.74, 6) is -9.98. The van der Waals surface area contributed by atoms with E-state index in [0.29, 0.717) is 5.56 Å². The zero-order chi connectivity index (χ0) is 35.8. The van der Waals surface area contributed by atoms with Gasteiger partial charge in [0.15, 0.2) is 0 Å². The van der Waals surface area contributed by atoms with Crippen molar-refractivity contribution in [3.63, 3.8) is 0 Å². The minimum absolute atomic E-state index is 0.103. The third-order valence-electron chi connectivity index (χ3n) is 6.45. The number of aliphatic carboxylic acids is 3. The quantitative estimate of drug-likeness (QED) is 0.0642. The Bertz CT molecular complexity index is 1340. The van der Waals surface area contributed by atoms with Crippen LogP contribution >= 0.6 is 0 Å². The zero-order valence-electron chi connectivity index (χ0n) is 25.6. The van der Waals surface area contributed by atoms with Gasteiger partial charge < -0.3 is 53.4 Å². The fourth-order valence-electron chi connectivity index (χ4n) is 3.91. The summed E-state index contributed by atoms with van der Waals surface area (Å²) in [7, 11) is 0. The first-order chi connectivity index (χ1) is 21.9. The third-order valence-corrected chi connectivity index (χ3v) is 6.45. The maximum Gasteiger partial charge on any atom is 0.326 e. The number of rotatable bonds is 20. The van der Waals surface area contributed by atoms with Gasteiger partial charge in [0.05, 0.1) is 18.9 Å². The van der Waals surface area contributed by atoms with E-state index in [9.17, 15) is 48.3 Å². The number of amides is 6. The Hall–Kier alpha value is -5.59. The van der Waals surface area contributed by atoms with Crippen molar-refractivity contribution in [2.24, 2.45) is 11.5 Å². The average Bonchev–Trinajstić information content (AvgIpc) is 2.97. The molecule has 0 aliphatic rings. The standard InChI is InChI=1S/C28H39N7O12/c1-13(32-26(44)17(8-9-21(37)38)33-25(43)16(29)11-22(39)40)23(41)31-14(2)24(42)34-18(10-15-6-4-3-5-7-15)27(45)35-19(28(46)47)12-20(30)36/h3-7,13-14,16-19H,8-12,29H2,1-2H3,(H2,30,36)(H,31,41)(H,32,44)(H,33,43)(H,34,42)(H,35,45)(H,37,38)(H,39,40)(H,46,47)/t13-,14-,16-,17-,18-,19-/m0/s1. The number of nitrogens with two attached hydrogens (primary N) is 2. The van der Waals surface area contributed by atoms with Crippen molar-refractivity contribution in [3.8, 4) is 0 Å². The lowest BCUT2D eigenvalue weighted by atomic mass is 10.0. The fourth-order valence-corrected chi connectivity index (χ4v) is 3.91. The van der Waals surface area contributed by atoms with Gasteiger partial charge in [-0.15, -0.1) is 0 Å². The second-order valence-electron chi connectivity index (χ2n) is 10.5. The predicted octanol–water partition coefficient (Wildman–Crippen LogP) is -3.68. The molecule has 0 aliphatic heterocycles. The van der Waals surface area contributed by atoms with Gasteiger partial charge in [-0.25, -0.2) is 4.79 Å². The summed E-state index contributed by atoms with van der Waals surface area (Å²) >= 11 is 0. The van der Waals surface area contributed by atoms with E-state index >= 15 is 0 Å². The summed E-state index contributed by atoms with van der Waals surface area (Å²) in [5, 5.41) is 38.5. The lowest BCUT2D eigenvalue weighted by Crippen LogP contribution is -2.58. The van der Waals surface area contributed by atoms with Crippen LogP contribution in [0.5, 0.6) is 0 Å². The molecule has 12 N–H and O–H groups in total. The highest BCUT2D eigenvalue weighted by Crippen LogP contribution is 2.06. The fraction of sp³-hybridized carbons (Fsp3) is 0.464. The van der Waals surface area contributed by atoms with Crippen molar-refractivity contribution in [2.45, 2.75) is 82.2 Å². The van der Waals surface area contributed by atoms with Gasteiger partial charge in [0.25, 0.3) is 0 Å². The van der Waals surface area contributed by atoms with Crippen LogP contribution in [0.3, 0.4) is 0 Å². The van der Waals surface area contributed by atoms with Crippen LogP contribution in [-0.4, -0.2) is 105 Å². The van der Waals surface area contributed by atoms with Crippen molar-refractivity contribution in [2.75, 3.05) is 0 Å². The molecule has 0 heterocycles. The number of carboxylic acid groups (broad SMARTS) is 3. The molecule has 19 nitrogen and oxygen atoms in total. The summed E-state index contributed by atoms with van der Waals surface area (Å²) in [6, 6.07) is -0.407. The predicted molar refractivity (Wildman–Crippen MR) is 160 cm³/mol. The van der Waals surface area contributed by atoms with Crippen molar-refractivity contribution < 1.29 is 58.5 Å². The van der Waals surface area contributed by atoms with Crippen LogP contribution in [0.4, 0.5) is 0 Å². The molecule has 1 rings (SSSR count). The van der Waals surface area contributed by atoms with Crippen LogP contribution in [0.25, 0.3) is 0 Å². The van der Waals surface area contributed by atoms with E-state index in [2.05, 4.69) is 26.6 Å². The molecule has 0 bridgehead atoms.